The number of rotatable bonds is 8. The third kappa shape index (κ3) is 4.96. The molecule has 0 spiro atoms. The first-order valence-electron chi connectivity index (χ1n) is 10.1. The number of amides is 1. The summed E-state index contributed by atoms with van der Waals surface area (Å²) in [4.78, 5) is 30.8. The molecule has 0 bridgehead atoms. The van der Waals surface area contributed by atoms with Crippen molar-refractivity contribution in [3.63, 3.8) is 0 Å². The van der Waals surface area contributed by atoms with Crippen LogP contribution in [0.4, 0.5) is 5.69 Å². The van der Waals surface area contributed by atoms with E-state index in [9.17, 15) is 18.0 Å². The summed E-state index contributed by atoms with van der Waals surface area (Å²) in [5, 5.41) is 2.71. The SMILES string of the molecule is COc1cc(S(=O)(=O)N(C)C)ccc1NC(=O)C(C(=O)c1ccc(C)cc1)n1ccnc1C. The predicted molar refractivity (Wildman–Crippen MR) is 124 cm³/mol. The molecule has 0 aliphatic carbocycles. The zero-order valence-electron chi connectivity index (χ0n) is 19.1. The zero-order chi connectivity index (χ0) is 24.3. The van der Waals surface area contributed by atoms with Gasteiger partial charge in [0.1, 0.15) is 11.6 Å². The van der Waals surface area contributed by atoms with Crippen molar-refractivity contribution in [2.24, 2.45) is 0 Å². The number of hydrogen-bond acceptors (Lipinski definition) is 6. The Morgan fingerprint density at radius 2 is 1.76 bits per heavy atom. The van der Waals surface area contributed by atoms with Crippen molar-refractivity contribution < 1.29 is 22.7 Å². The molecule has 10 heteroatoms. The molecule has 1 atom stereocenters. The molecule has 1 unspecified atom stereocenters. The summed E-state index contributed by atoms with van der Waals surface area (Å²) >= 11 is 0. The minimum Gasteiger partial charge on any atom is -0.495 e. The van der Waals surface area contributed by atoms with Gasteiger partial charge in [-0.15, -0.1) is 0 Å². The Morgan fingerprint density at radius 1 is 1.09 bits per heavy atom. The van der Waals surface area contributed by atoms with Crippen molar-refractivity contribution in [1.82, 2.24) is 13.9 Å². The number of nitrogens with zero attached hydrogens (tertiary/aromatic N) is 3. The number of imidazole rings is 1. The molecule has 3 aromatic rings. The maximum Gasteiger partial charge on any atom is 0.255 e. The van der Waals surface area contributed by atoms with Gasteiger partial charge in [0.2, 0.25) is 10.0 Å². The maximum absolute atomic E-state index is 13.3. The molecule has 2 aromatic carbocycles. The third-order valence-corrected chi connectivity index (χ3v) is 6.99. The van der Waals surface area contributed by atoms with Crippen LogP contribution in [0.2, 0.25) is 0 Å². The van der Waals surface area contributed by atoms with Gasteiger partial charge in [-0.25, -0.2) is 17.7 Å². The second-order valence-electron chi connectivity index (χ2n) is 7.65. The Bertz CT molecular complexity index is 1280. The fraction of sp³-hybridized carbons (Fsp3) is 0.261. The topological polar surface area (TPSA) is 111 Å². The Labute approximate surface area is 193 Å². The first kappa shape index (κ1) is 24.1. The van der Waals surface area contributed by atoms with Crippen molar-refractivity contribution in [3.05, 3.63) is 71.8 Å². The quantitative estimate of drug-likeness (QED) is 0.400. The molecule has 1 N–H and O–H groups in total. The summed E-state index contributed by atoms with van der Waals surface area (Å²) in [6.45, 7) is 3.61. The minimum absolute atomic E-state index is 0.0140. The summed E-state index contributed by atoms with van der Waals surface area (Å²) in [5.41, 5.74) is 1.61. The van der Waals surface area contributed by atoms with E-state index in [2.05, 4.69) is 10.3 Å². The second kappa shape index (κ2) is 9.55. The van der Waals surface area contributed by atoms with Crippen molar-refractivity contribution in [2.75, 3.05) is 26.5 Å². The first-order valence-corrected chi connectivity index (χ1v) is 11.5. The van der Waals surface area contributed by atoms with Crippen LogP contribution < -0.4 is 10.1 Å². The third-order valence-electron chi connectivity index (χ3n) is 5.18. The normalized spacial score (nSPS) is 12.4. The molecule has 9 nitrogen and oxygen atoms in total. The van der Waals surface area contributed by atoms with E-state index < -0.39 is 27.8 Å². The van der Waals surface area contributed by atoms with E-state index in [1.54, 1.807) is 37.4 Å². The number of benzene rings is 2. The molecule has 1 aromatic heterocycles. The summed E-state index contributed by atoms with van der Waals surface area (Å²) in [6.07, 6.45) is 3.08. The number of nitrogens with one attached hydrogen (secondary N) is 1. The van der Waals surface area contributed by atoms with E-state index >= 15 is 0 Å². The van der Waals surface area contributed by atoms with E-state index in [0.29, 0.717) is 11.4 Å². The van der Waals surface area contributed by atoms with Gasteiger partial charge in [-0.2, -0.15) is 0 Å². The van der Waals surface area contributed by atoms with Crippen molar-refractivity contribution in [2.45, 2.75) is 24.8 Å². The van der Waals surface area contributed by atoms with Crippen molar-refractivity contribution >= 4 is 27.4 Å². The van der Waals surface area contributed by atoms with Crippen molar-refractivity contribution in [3.8, 4) is 5.75 Å². The molecule has 33 heavy (non-hydrogen) atoms. The van der Waals surface area contributed by atoms with Gasteiger partial charge in [0.05, 0.1) is 17.7 Å². The Kier molecular flexibility index (Phi) is 6.99. The number of aryl methyl sites for hydroxylation is 2. The minimum atomic E-state index is -3.69. The number of sulfonamides is 1. The van der Waals surface area contributed by atoms with Crippen LogP contribution in [0.25, 0.3) is 0 Å². The Morgan fingerprint density at radius 3 is 2.30 bits per heavy atom. The van der Waals surface area contributed by atoms with E-state index in [0.717, 1.165) is 9.87 Å². The highest BCUT2D eigenvalue weighted by Crippen LogP contribution is 2.30. The van der Waals surface area contributed by atoms with E-state index in [-0.39, 0.29) is 16.3 Å². The van der Waals surface area contributed by atoms with Gasteiger partial charge in [-0.1, -0.05) is 29.8 Å². The molecule has 0 saturated carbocycles. The van der Waals surface area contributed by atoms with Gasteiger partial charge < -0.3 is 14.6 Å². The second-order valence-corrected chi connectivity index (χ2v) is 9.81. The molecule has 0 saturated heterocycles. The predicted octanol–water partition coefficient (Wildman–Crippen LogP) is 2.82. The van der Waals surface area contributed by atoms with Gasteiger partial charge in [0.25, 0.3) is 5.91 Å². The lowest BCUT2D eigenvalue weighted by Crippen LogP contribution is -2.33. The summed E-state index contributed by atoms with van der Waals surface area (Å²) < 4.78 is 32.8. The number of ketones is 1. The van der Waals surface area contributed by atoms with Crippen LogP contribution in [0, 0.1) is 13.8 Å². The highest BCUT2D eigenvalue weighted by molar-refractivity contribution is 7.89. The standard InChI is InChI=1S/C23H26N4O5S/c1-15-6-8-17(9-7-15)22(28)21(27-13-12-24-16(27)2)23(29)25-19-11-10-18(14-20(19)32-5)33(30,31)26(3)4/h6-14,21H,1-5H3,(H,25,29). The molecular weight excluding hydrogens is 444 g/mol. The average Bonchev–Trinajstić information content (AvgIpc) is 3.19. The highest BCUT2D eigenvalue weighted by atomic mass is 32.2. The molecule has 0 aliphatic rings. The first-order chi connectivity index (χ1) is 15.6. The molecule has 3 rings (SSSR count). The number of Topliss-reactive ketones (excluding diaryl/α,β-unsaturated/α-hetero) is 1. The lowest BCUT2D eigenvalue weighted by molar-refractivity contribution is -0.118. The van der Waals surface area contributed by atoms with Crippen LogP contribution in [0.3, 0.4) is 0 Å². The number of aromatic nitrogens is 2. The molecule has 1 heterocycles. The lowest BCUT2D eigenvalue weighted by atomic mass is 10.0. The van der Waals surface area contributed by atoms with Gasteiger partial charge in [-0.05, 0) is 26.0 Å². The molecule has 0 aliphatic heterocycles. The smallest absolute Gasteiger partial charge is 0.255 e. The monoisotopic (exact) mass is 470 g/mol. The largest absolute Gasteiger partial charge is 0.495 e. The summed E-state index contributed by atoms with van der Waals surface area (Å²) in [7, 11) is 0.522. The molecule has 174 valence electrons. The molecule has 0 radical (unpaired) electrons. The summed E-state index contributed by atoms with van der Waals surface area (Å²) in [5.74, 6) is -0.368. The number of hydrogen-bond donors (Lipinski definition) is 1. The van der Waals surface area contributed by atoms with Gasteiger partial charge in [0.15, 0.2) is 11.8 Å². The fourth-order valence-electron chi connectivity index (χ4n) is 3.26. The van der Waals surface area contributed by atoms with E-state index in [1.165, 1.54) is 50.2 Å². The zero-order valence-corrected chi connectivity index (χ0v) is 19.9. The average molecular weight is 471 g/mol. The fourth-order valence-corrected chi connectivity index (χ4v) is 4.17. The van der Waals surface area contributed by atoms with Crippen molar-refractivity contribution in [1.29, 1.82) is 0 Å². The van der Waals surface area contributed by atoms with Crippen LogP contribution in [-0.2, 0) is 14.8 Å². The molecular formula is C23H26N4O5S. The summed E-state index contributed by atoms with van der Waals surface area (Å²) in [6, 6.07) is 9.85. The van der Waals surface area contributed by atoms with Crippen LogP contribution in [0.15, 0.2) is 59.8 Å². The maximum atomic E-state index is 13.3. The number of methoxy groups -OCH3 is 1. The van der Waals surface area contributed by atoms with E-state index in [1.807, 2.05) is 6.92 Å². The van der Waals surface area contributed by atoms with Crippen LogP contribution >= 0.6 is 0 Å². The molecule has 0 fully saturated rings. The van der Waals surface area contributed by atoms with Crippen LogP contribution in [0.5, 0.6) is 5.75 Å². The number of carbonyl (C=O) groups is 2. The number of anilines is 1. The van der Waals surface area contributed by atoms with Gasteiger partial charge in [-0.3, -0.25) is 9.59 Å². The number of ether oxygens (including phenoxy) is 1. The molecule has 1 amide bonds. The van der Waals surface area contributed by atoms with E-state index in [4.69, 9.17) is 4.74 Å². The lowest BCUT2D eigenvalue weighted by Gasteiger charge is -2.20. The Balaban J connectivity index is 1.98. The Hall–Kier alpha value is -3.50. The van der Waals surface area contributed by atoms with Crippen LogP contribution in [-0.4, -0.2) is 55.2 Å². The highest BCUT2D eigenvalue weighted by Gasteiger charge is 2.31. The van der Waals surface area contributed by atoms with Crippen LogP contribution in [0.1, 0.15) is 27.8 Å². The van der Waals surface area contributed by atoms with Gasteiger partial charge in [0, 0.05) is 38.1 Å². The number of carbonyl (C=O) groups excluding carboxylic acids is 2. The van der Waals surface area contributed by atoms with Gasteiger partial charge >= 0.3 is 0 Å².